The van der Waals surface area contributed by atoms with Crippen molar-refractivity contribution in [3.8, 4) is 0 Å². The second-order valence-corrected chi connectivity index (χ2v) is 5.85. The third kappa shape index (κ3) is 3.92. The van der Waals surface area contributed by atoms with Gasteiger partial charge in [-0.1, -0.05) is 13.8 Å². The van der Waals surface area contributed by atoms with Crippen LogP contribution in [0.1, 0.15) is 44.4 Å². The molecule has 110 valence electrons. The van der Waals surface area contributed by atoms with E-state index in [1.165, 1.54) is 4.68 Å². The molecule has 0 bridgehead atoms. The molecule has 0 atom stereocenters. The van der Waals surface area contributed by atoms with E-state index < -0.39 is 0 Å². The zero-order valence-corrected chi connectivity index (χ0v) is 12.3. The molecule has 0 saturated heterocycles. The summed E-state index contributed by atoms with van der Waals surface area (Å²) in [6.07, 6.45) is 5.01. The highest BCUT2D eigenvalue weighted by Gasteiger charge is 2.14. The highest BCUT2D eigenvalue weighted by atomic mass is 16.2. The molecular formula is C15H23N3O2. The number of carbonyl (C=O) groups is 1. The van der Waals surface area contributed by atoms with Crippen molar-refractivity contribution in [1.82, 2.24) is 15.1 Å². The minimum atomic E-state index is -0.176. The largest absolute Gasteiger partial charge is 0.354 e. The van der Waals surface area contributed by atoms with Crippen LogP contribution in [-0.2, 0) is 24.2 Å². The molecular weight excluding hydrogens is 254 g/mol. The molecule has 0 aromatic carbocycles. The average Bonchev–Trinajstić information content (AvgIpc) is 2.39. The van der Waals surface area contributed by atoms with E-state index in [0.29, 0.717) is 12.5 Å². The monoisotopic (exact) mass is 277 g/mol. The first-order valence-corrected chi connectivity index (χ1v) is 7.43. The minimum Gasteiger partial charge on any atom is -0.354 e. The summed E-state index contributed by atoms with van der Waals surface area (Å²) < 4.78 is 1.29. The van der Waals surface area contributed by atoms with E-state index in [1.807, 2.05) is 0 Å². The molecule has 1 aromatic heterocycles. The van der Waals surface area contributed by atoms with Gasteiger partial charge in [0.1, 0.15) is 6.54 Å². The van der Waals surface area contributed by atoms with Crippen LogP contribution in [0, 0.1) is 5.92 Å². The van der Waals surface area contributed by atoms with Gasteiger partial charge in [0.05, 0.1) is 5.69 Å². The number of hydrogen-bond acceptors (Lipinski definition) is 3. The van der Waals surface area contributed by atoms with Crippen LogP contribution >= 0.6 is 0 Å². The van der Waals surface area contributed by atoms with Crippen LogP contribution in [0.5, 0.6) is 0 Å². The van der Waals surface area contributed by atoms with Crippen molar-refractivity contribution < 1.29 is 4.79 Å². The molecule has 1 aliphatic rings. The molecule has 5 heteroatoms. The summed E-state index contributed by atoms with van der Waals surface area (Å²) >= 11 is 0. The fourth-order valence-corrected chi connectivity index (χ4v) is 2.41. The summed E-state index contributed by atoms with van der Waals surface area (Å²) in [6, 6.07) is 1.64. The second kappa shape index (κ2) is 6.68. The van der Waals surface area contributed by atoms with Gasteiger partial charge in [-0.2, -0.15) is 5.10 Å². The van der Waals surface area contributed by atoms with E-state index >= 15 is 0 Å². The Kier molecular flexibility index (Phi) is 4.93. The average molecular weight is 277 g/mol. The lowest BCUT2D eigenvalue weighted by molar-refractivity contribution is -0.121. The number of nitrogens with zero attached hydrogens (tertiary/aromatic N) is 2. The van der Waals surface area contributed by atoms with Crippen LogP contribution in [0.3, 0.4) is 0 Å². The molecule has 0 spiro atoms. The maximum absolute atomic E-state index is 11.9. The number of nitrogens with one attached hydrogen (secondary N) is 1. The van der Waals surface area contributed by atoms with E-state index in [0.717, 1.165) is 43.4 Å². The van der Waals surface area contributed by atoms with Gasteiger partial charge >= 0.3 is 0 Å². The maximum Gasteiger partial charge on any atom is 0.267 e. The Balaban J connectivity index is 1.98. The number of aryl methyl sites for hydroxylation is 2. The standard InChI is InChI=1S/C15H23N3O2/c1-11(2)7-8-16-14(19)10-18-15(20)9-12-5-3-4-6-13(12)17-18/h9,11H,3-8,10H2,1-2H3,(H,16,19). The summed E-state index contributed by atoms with van der Waals surface area (Å²) in [6.45, 7) is 4.89. The molecule has 0 saturated carbocycles. The smallest absolute Gasteiger partial charge is 0.267 e. The zero-order chi connectivity index (χ0) is 14.5. The summed E-state index contributed by atoms with van der Waals surface area (Å²) in [5.41, 5.74) is 1.85. The Hall–Kier alpha value is -1.65. The third-order valence-corrected chi connectivity index (χ3v) is 3.61. The van der Waals surface area contributed by atoms with Crippen molar-refractivity contribution in [2.45, 2.75) is 52.5 Å². The number of rotatable bonds is 5. The van der Waals surface area contributed by atoms with Gasteiger partial charge in [-0.05, 0) is 43.6 Å². The highest BCUT2D eigenvalue weighted by molar-refractivity contribution is 5.75. The van der Waals surface area contributed by atoms with E-state index in [1.54, 1.807) is 6.07 Å². The Morgan fingerprint density at radius 1 is 1.40 bits per heavy atom. The van der Waals surface area contributed by atoms with Gasteiger partial charge in [0.2, 0.25) is 5.91 Å². The van der Waals surface area contributed by atoms with Crippen molar-refractivity contribution in [2.75, 3.05) is 6.54 Å². The van der Waals surface area contributed by atoms with Crippen LogP contribution < -0.4 is 10.9 Å². The lowest BCUT2D eigenvalue weighted by Gasteiger charge is -2.15. The summed E-state index contributed by atoms with van der Waals surface area (Å²) in [4.78, 5) is 23.7. The van der Waals surface area contributed by atoms with Gasteiger partial charge in [0, 0.05) is 12.6 Å². The van der Waals surface area contributed by atoms with Crippen molar-refractivity contribution in [3.05, 3.63) is 27.7 Å². The van der Waals surface area contributed by atoms with Gasteiger partial charge < -0.3 is 5.32 Å². The summed E-state index contributed by atoms with van der Waals surface area (Å²) in [5, 5.41) is 7.17. The zero-order valence-electron chi connectivity index (χ0n) is 12.3. The maximum atomic E-state index is 11.9. The van der Waals surface area contributed by atoms with Gasteiger partial charge in [0.25, 0.3) is 5.56 Å². The van der Waals surface area contributed by atoms with Crippen LogP contribution in [-0.4, -0.2) is 22.2 Å². The van der Waals surface area contributed by atoms with Crippen molar-refractivity contribution >= 4 is 5.91 Å². The van der Waals surface area contributed by atoms with Crippen molar-refractivity contribution in [3.63, 3.8) is 0 Å². The van der Waals surface area contributed by atoms with Crippen LogP contribution in [0.25, 0.3) is 0 Å². The molecule has 5 nitrogen and oxygen atoms in total. The SMILES string of the molecule is CC(C)CCNC(=O)Cn1nc2c(cc1=O)CCCC2. The van der Waals surface area contributed by atoms with Gasteiger partial charge in [0.15, 0.2) is 0 Å². The van der Waals surface area contributed by atoms with E-state index in [2.05, 4.69) is 24.3 Å². The molecule has 0 radical (unpaired) electrons. The van der Waals surface area contributed by atoms with Crippen LogP contribution in [0.15, 0.2) is 10.9 Å². The van der Waals surface area contributed by atoms with E-state index in [4.69, 9.17) is 0 Å². The molecule has 1 aromatic rings. The molecule has 1 aliphatic carbocycles. The van der Waals surface area contributed by atoms with Crippen LogP contribution in [0.2, 0.25) is 0 Å². The second-order valence-electron chi connectivity index (χ2n) is 5.85. The number of aromatic nitrogens is 2. The van der Waals surface area contributed by atoms with Gasteiger partial charge in [-0.25, -0.2) is 4.68 Å². The number of fused-ring (bicyclic) bond motifs is 1. The Bertz CT molecular complexity index is 534. The first-order valence-electron chi connectivity index (χ1n) is 7.43. The molecule has 2 rings (SSSR count). The van der Waals surface area contributed by atoms with Gasteiger partial charge in [-0.15, -0.1) is 0 Å². The topological polar surface area (TPSA) is 64.0 Å². The van der Waals surface area contributed by atoms with E-state index in [9.17, 15) is 9.59 Å². The Labute approximate surface area is 119 Å². The minimum absolute atomic E-state index is 0.0181. The molecule has 1 amide bonds. The predicted molar refractivity (Wildman–Crippen MR) is 77.6 cm³/mol. The summed E-state index contributed by atoms with van der Waals surface area (Å²) in [5.74, 6) is 0.413. The van der Waals surface area contributed by atoms with Crippen molar-refractivity contribution in [1.29, 1.82) is 0 Å². The molecule has 20 heavy (non-hydrogen) atoms. The predicted octanol–water partition coefficient (Wildman–Crippen LogP) is 1.28. The van der Waals surface area contributed by atoms with E-state index in [-0.39, 0.29) is 18.0 Å². The van der Waals surface area contributed by atoms with Gasteiger partial charge in [-0.3, -0.25) is 9.59 Å². The quantitative estimate of drug-likeness (QED) is 0.882. The first-order chi connectivity index (χ1) is 9.56. The number of amides is 1. The fourth-order valence-electron chi connectivity index (χ4n) is 2.41. The summed E-state index contributed by atoms with van der Waals surface area (Å²) in [7, 11) is 0. The molecule has 0 aliphatic heterocycles. The fraction of sp³-hybridized carbons (Fsp3) is 0.667. The number of carbonyl (C=O) groups excluding carboxylic acids is 1. The highest BCUT2D eigenvalue weighted by Crippen LogP contribution is 2.16. The normalized spacial score (nSPS) is 14.2. The third-order valence-electron chi connectivity index (χ3n) is 3.61. The molecule has 1 N–H and O–H groups in total. The molecule has 0 unspecified atom stereocenters. The molecule has 0 fully saturated rings. The Morgan fingerprint density at radius 3 is 2.90 bits per heavy atom. The van der Waals surface area contributed by atoms with Crippen LogP contribution in [0.4, 0.5) is 0 Å². The number of hydrogen-bond donors (Lipinski definition) is 1. The molecule has 1 heterocycles. The van der Waals surface area contributed by atoms with Crippen molar-refractivity contribution in [2.24, 2.45) is 5.92 Å². The Morgan fingerprint density at radius 2 is 2.15 bits per heavy atom. The lowest BCUT2D eigenvalue weighted by atomic mass is 9.97. The lowest BCUT2D eigenvalue weighted by Crippen LogP contribution is -2.35. The first kappa shape index (κ1) is 14.8.